The third-order valence-corrected chi connectivity index (χ3v) is 4.83. The van der Waals surface area contributed by atoms with Gasteiger partial charge in [-0.1, -0.05) is 24.2 Å². The molecule has 0 spiro atoms. The van der Waals surface area contributed by atoms with Crippen LogP contribution in [0.4, 0.5) is 0 Å². The highest BCUT2D eigenvalue weighted by molar-refractivity contribution is 7.89. The number of aryl methyl sites for hydroxylation is 2. The van der Waals surface area contributed by atoms with Gasteiger partial charge in [-0.15, -0.1) is 0 Å². The van der Waals surface area contributed by atoms with Crippen molar-refractivity contribution in [1.82, 2.24) is 4.72 Å². The van der Waals surface area contributed by atoms with Crippen molar-refractivity contribution in [2.45, 2.75) is 32.6 Å². The molecule has 5 heteroatoms. The van der Waals surface area contributed by atoms with Gasteiger partial charge in [-0.05, 0) is 49.9 Å². The molecule has 0 saturated carbocycles. The third kappa shape index (κ3) is 3.13. The molecule has 0 bridgehead atoms. The smallest absolute Gasteiger partial charge is 0.207 e. The predicted octanol–water partition coefficient (Wildman–Crippen LogP) is 2.95. The van der Waals surface area contributed by atoms with Crippen LogP contribution in [0.1, 0.15) is 22.3 Å². The molecule has 1 N–H and O–H groups in total. The fraction of sp³-hybridized carbons (Fsp3) is 0.385. The Bertz CT molecular complexity index is 565. The molecule has 0 heterocycles. The Kier molecular flexibility index (Phi) is 4.59. The highest BCUT2D eigenvalue weighted by Gasteiger charge is 2.21. The Morgan fingerprint density at radius 2 is 1.67 bits per heavy atom. The second-order valence-corrected chi connectivity index (χ2v) is 6.67. The maximum Gasteiger partial charge on any atom is 0.241 e. The lowest BCUT2D eigenvalue weighted by Gasteiger charge is -2.16. The molecule has 1 aromatic carbocycles. The van der Waals surface area contributed by atoms with Gasteiger partial charge in [0.25, 0.3) is 0 Å². The van der Waals surface area contributed by atoms with Gasteiger partial charge in [0.05, 0.1) is 4.90 Å². The van der Waals surface area contributed by atoms with Crippen molar-refractivity contribution in [2.24, 2.45) is 0 Å². The van der Waals surface area contributed by atoms with E-state index in [2.05, 4.69) is 11.3 Å². The Balaban J connectivity index is 3.36. The summed E-state index contributed by atoms with van der Waals surface area (Å²) in [6.45, 7) is 10.9. The second-order valence-electron chi connectivity index (χ2n) is 4.43. The zero-order valence-corrected chi connectivity index (χ0v) is 12.7. The summed E-state index contributed by atoms with van der Waals surface area (Å²) in [5.41, 5.74) is 3.46. The van der Waals surface area contributed by atoms with E-state index in [0.29, 0.717) is 4.90 Å². The molecule has 0 amide bonds. The summed E-state index contributed by atoms with van der Waals surface area (Å²) < 4.78 is 27.0. The fourth-order valence-electron chi connectivity index (χ4n) is 1.83. The van der Waals surface area contributed by atoms with Crippen LogP contribution in [0.15, 0.2) is 22.6 Å². The largest absolute Gasteiger partial charge is 0.241 e. The van der Waals surface area contributed by atoms with Crippen LogP contribution in [0, 0.1) is 27.7 Å². The normalized spacial score (nSPS) is 11.6. The molecule has 100 valence electrons. The van der Waals surface area contributed by atoms with Crippen LogP contribution in [0.5, 0.6) is 0 Å². The van der Waals surface area contributed by atoms with Crippen LogP contribution in [-0.4, -0.2) is 15.0 Å². The van der Waals surface area contributed by atoms with E-state index >= 15 is 0 Å². The van der Waals surface area contributed by atoms with Crippen LogP contribution >= 0.6 is 11.6 Å². The highest BCUT2D eigenvalue weighted by atomic mass is 35.5. The van der Waals surface area contributed by atoms with Crippen LogP contribution < -0.4 is 4.72 Å². The molecule has 0 saturated heterocycles. The van der Waals surface area contributed by atoms with Gasteiger partial charge >= 0.3 is 0 Å². The summed E-state index contributed by atoms with van der Waals surface area (Å²) in [4.78, 5) is 0.345. The molecule has 0 atom stereocenters. The van der Waals surface area contributed by atoms with Gasteiger partial charge < -0.3 is 0 Å². The van der Waals surface area contributed by atoms with Crippen molar-refractivity contribution in [3.8, 4) is 0 Å². The molecule has 0 unspecified atom stereocenters. The number of sulfonamides is 1. The third-order valence-electron chi connectivity index (χ3n) is 3.02. The molecule has 1 aromatic rings. The van der Waals surface area contributed by atoms with Gasteiger partial charge in [-0.2, -0.15) is 0 Å². The van der Waals surface area contributed by atoms with Crippen LogP contribution in [-0.2, 0) is 10.0 Å². The average molecular weight is 288 g/mol. The molecule has 0 fully saturated rings. The number of halogens is 1. The standard InChI is InChI=1S/C13H18ClNO2S/c1-8-6-9(2)12(5)13(11(8)4)18(16,17)15-7-10(3)14/h6,15H,3,7H2,1-2,4-5H3. The van der Waals surface area contributed by atoms with Crippen LogP contribution in [0.25, 0.3) is 0 Å². The lowest BCUT2D eigenvalue weighted by Crippen LogP contribution is -2.26. The Labute approximate surface area is 114 Å². The summed E-state index contributed by atoms with van der Waals surface area (Å²) in [7, 11) is -3.56. The second kappa shape index (κ2) is 5.43. The molecule has 0 radical (unpaired) electrons. The Hall–Kier alpha value is -0.840. The van der Waals surface area contributed by atoms with Gasteiger partial charge in [0.1, 0.15) is 0 Å². The molecule has 0 aromatic heterocycles. The molecule has 3 nitrogen and oxygen atoms in total. The Morgan fingerprint density at radius 1 is 1.22 bits per heavy atom. The summed E-state index contributed by atoms with van der Waals surface area (Å²) in [5.74, 6) is 0. The van der Waals surface area contributed by atoms with Crippen molar-refractivity contribution in [2.75, 3.05) is 6.54 Å². The molecule has 0 aliphatic heterocycles. The number of hydrogen-bond acceptors (Lipinski definition) is 2. The molecular weight excluding hydrogens is 270 g/mol. The summed E-state index contributed by atoms with van der Waals surface area (Å²) >= 11 is 5.59. The summed E-state index contributed by atoms with van der Waals surface area (Å²) in [6.07, 6.45) is 0. The molecule has 18 heavy (non-hydrogen) atoms. The minimum atomic E-state index is -3.56. The van der Waals surface area contributed by atoms with E-state index in [4.69, 9.17) is 11.6 Å². The first kappa shape index (κ1) is 15.2. The van der Waals surface area contributed by atoms with Gasteiger partial charge in [0.15, 0.2) is 0 Å². The molecule has 1 rings (SSSR count). The minimum Gasteiger partial charge on any atom is -0.207 e. The van der Waals surface area contributed by atoms with Gasteiger partial charge in [0.2, 0.25) is 10.0 Å². The highest BCUT2D eigenvalue weighted by Crippen LogP contribution is 2.25. The average Bonchev–Trinajstić information content (AvgIpc) is 2.24. The van der Waals surface area contributed by atoms with E-state index < -0.39 is 10.0 Å². The number of hydrogen-bond donors (Lipinski definition) is 1. The lowest BCUT2D eigenvalue weighted by atomic mass is 10.0. The molecule has 0 aliphatic carbocycles. The van der Waals surface area contributed by atoms with Crippen molar-refractivity contribution in [3.63, 3.8) is 0 Å². The van der Waals surface area contributed by atoms with Gasteiger partial charge in [-0.25, -0.2) is 13.1 Å². The monoisotopic (exact) mass is 287 g/mol. The van der Waals surface area contributed by atoms with E-state index in [1.807, 2.05) is 33.8 Å². The van der Waals surface area contributed by atoms with E-state index in [1.54, 1.807) is 0 Å². The minimum absolute atomic E-state index is 0.0375. The zero-order chi connectivity index (χ0) is 14.1. The first-order valence-corrected chi connectivity index (χ1v) is 7.43. The van der Waals surface area contributed by atoms with E-state index in [0.717, 1.165) is 22.3 Å². The summed E-state index contributed by atoms with van der Waals surface area (Å²) in [5, 5.41) is 0.262. The van der Waals surface area contributed by atoms with Crippen molar-refractivity contribution >= 4 is 21.6 Å². The van der Waals surface area contributed by atoms with Gasteiger partial charge in [0, 0.05) is 11.6 Å². The van der Waals surface area contributed by atoms with Crippen molar-refractivity contribution < 1.29 is 8.42 Å². The van der Waals surface area contributed by atoms with Crippen LogP contribution in [0.2, 0.25) is 0 Å². The topological polar surface area (TPSA) is 46.2 Å². The van der Waals surface area contributed by atoms with Gasteiger partial charge in [-0.3, -0.25) is 0 Å². The molecule has 0 aliphatic rings. The maximum absolute atomic E-state index is 12.3. The van der Waals surface area contributed by atoms with Crippen LogP contribution in [0.3, 0.4) is 0 Å². The number of nitrogens with one attached hydrogen (secondary N) is 1. The quantitative estimate of drug-likeness (QED) is 0.925. The van der Waals surface area contributed by atoms with E-state index in [-0.39, 0.29) is 11.6 Å². The molecular formula is C13H18ClNO2S. The van der Waals surface area contributed by atoms with E-state index in [9.17, 15) is 8.42 Å². The van der Waals surface area contributed by atoms with Crippen molar-refractivity contribution in [1.29, 1.82) is 0 Å². The first-order chi connectivity index (χ1) is 8.16. The Morgan fingerprint density at radius 3 is 2.06 bits per heavy atom. The SMILES string of the molecule is C=C(Cl)CNS(=O)(=O)c1c(C)c(C)cc(C)c1C. The first-order valence-electron chi connectivity index (χ1n) is 5.57. The predicted molar refractivity (Wildman–Crippen MR) is 75.6 cm³/mol. The van der Waals surface area contributed by atoms with E-state index in [1.165, 1.54) is 0 Å². The van der Waals surface area contributed by atoms with Crippen molar-refractivity contribution in [3.05, 3.63) is 39.9 Å². The lowest BCUT2D eigenvalue weighted by molar-refractivity contribution is 0.583. The zero-order valence-electron chi connectivity index (χ0n) is 11.1. The summed E-state index contributed by atoms with van der Waals surface area (Å²) in [6, 6.07) is 1.99. The fourth-order valence-corrected chi connectivity index (χ4v) is 3.61. The maximum atomic E-state index is 12.3. The number of rotatable bonds is 4. The number of benzene rings is 1.